The zero-order valence-corrected chi connectivity index (χ0v) is 16.6. The third-order valence-electron chi connectivity index (χ3n) is 4.37. The molecule has 11 heteroatoms. The molecule has 1 aliphatic rings. The predicted molar refractivity (Wildman–Crippen MR) is 108 cm³/mol. The van der Waals surface area contributed by atoms with Crippen LogP contribution in [0, 0.1) is 0 Å². The summed E-state index contributed by atoms with van der Waals surface area (Å²) in [6.45, 7) is 0. The molecule has 3 N–H and O–H groups in total. The zero-order valence-electron chi connectivity index (χ0n) is 14.9. The highest BCUT2D eigenvalue weighted by Gasteiger charge is 2.30. The predicted octanol–water partition coefficient (Wildman–Crippen LogP) is 2.29. The molecule has 0 unspecified atom stereocenters. The van der Waals surface area contributed by atoms with Crippen molar-refractivity contribution in [3.05, 3.63) is 46.8 Å². The lowest BCUT2D eigenvalue weighted by atomic mass is 10.3. The number of nitrogens with zero attached hydrogens (tertiary/aromatic N) is 4. The van der Waals surface area contributed by atoms with Crippen molar-refractivity contribution in [2.45, 2.75) is 4.90 Å². The fourth-order valence-electron chi connectivity index (χ4n) is 2.87. The number of benzene rings is 1. The van der Waals surface area contributed by atoms with Crippen molar-refractivity contribution in [3.63, 3.8) is 0 Å². The second-order valence-corrected chi connectivity index (χ2v) is 8.63. The molecule has 0 saturated carbocycles. The molecule has 0 radical (unpaired) electrons. The Morgan fingerprint density at radius 2 is 1.79 bits per heavy atom. The number of nitrogens with one attached hydrogen (secondary N) is 1. The molecule has 4 rings (SSSR count). The van der Waals surface area contributed by atoms with Gasteiger partial charge in [0.25, 0.3) is 5.91 Å². The first-order valence-electron chi connectivity index (χ1n) is 8.12. The minimum atomic E-state index is -3.75. The maximum Gasteiger partial charge on any atom is 0.270 e. The van der Waals surface area contributed by atoms with Crippen molar-refractivity contribution < 1.29 is 13.2 Å². The van der Waals surface area contributed by atoms with E-state index >= 15 is 0 Å². The van der Waals surface area contributed by atoms with E-state index in [0.717, 1.165) is 5.69 Å². The highest BCUT2D eigenvalue weighted by molar-refractivity contribution is 7.89. The molecule has 9 nitrogen and oxygen atoms in total. The molecule has 2 aromatic heterocycles. The summed E-state index contributed by atoms with van der Waals surface area (Å²) in [6.07, 6.45) is 1.58. The van der Waals surface area contributed by atoms with Crippen LogP contribution in [0.4, 0.5) is 28.8 Å². The second kappa shape index (κ2) is 6.55. The van der Waals surface area contributed by atoms with Gasteiger partial charge in [0.1, 0.15) is 10.6 Å². The van der Waals surface area contributed by atoms with Crippen LogP contribution in [0.1, 0.15) is 9.67 Å². The number of aromatic nitrogens is 2. The lowest BCUT2D eigenvalue weighted by molar-refractivity contribution is 0.0998. The maximum absolute atomic E-state index is 12.7. The number of nitrogens with two attached hydrogens (primary N) is 1. The number of sulfonamides is 1. The number of rotatable bonds is 3. The van der Waals surface area contributed by atoms with E-state index in [9.17, 15) is 13.2 Å². The van der Waals surface area contributed by atoms with Gasteiger partial charge in [-0.1, -0.05) is 0 Å². The van der Waals surface area contributed by atoms with Crippen LogP contribution in [-0.4, -0.2) is 38.4 Å². The summed E-state index contributed by atoms with van der Waals surface area (Å²) in [5.41, 5.74) is 1.97. The Morgan fingerprint density at radius 3 is 2.46 bits per heavy atom. The van der Waals surface area contributed by atoms with E-state index in [2.05, 4.69) is 15.3 Å². The molecular formula is C17H16N6O3S2. The lowest BCUT2D eigenvalue weighted by Crippen LogP contribution is -2.25. The molecule has 0 saturated heterocycles. The van der Waals surface area contributed by atoms with Crippen LogP contribution in [0.5, 0.6) is 0 Å². The van der Waals surface area contributed by atoms with Gasteiger partial charge >= 0.3 is 0 Å². The van der Waals surface area contributed by atoms with Crippen LogP contribution in [0.15, 0.2) is 46.8 Å². The van der Waals surface area contributed by atoms with Crippen molar-refractivity contribution >= 4 is 56.1 Å². The standard InChI is InChI=1S/C17H16N6O3S2/c1-22-12-7-8-27-14(12)16(24)23(2)13-9-19-17(21-15(13)22)20-10-3-5-11(6-4-10)28(18,25)26/h3-9H,1-2H3,(H2,18,25,26)(H,19,20,21). The number of fused-ring (bicyclic) bond motifs is 2. The van der Waals surface area contributed by atoms with Gasteiger partial charge in [0, 0.05) is 19.8 Å². The van der Waals surface area contributed by atoms with Gasteiger partial charge < -0.3 is 15.1 Å². The van der Waals surface area contributed by atoms with Crippen LogP contribution in [0.25, 0.3) is 0 Å². The summed E-state index contributed by atoms with van der Waals surface area (Å²) in [5, 5.41) is 10.0. The first-order valence-corrected chi connectivity index (χ1v) is 10.5. The van der Waals surface area contributed by atoms with E-state index in [4.69, 9.17) is 5.14 Å². The van der Waals surface area contributed by atoms with Crippen molar-refractivity contribution in [2.75, 3.05) is 29.2 Å². The van der Waals surface area contributed by atoms with E-state index in [1.165, 1.54) is 28.4 Å². The smallest absolute Gasteiger partial charge is 0.270 e. The molecule has 28 heavy (non-hydrogen) atoms. The summed E-state index contributed by atoms with van der Waals surface area (Å²) >= 11 is 1.38. The van der Waals surface area contributed by atoms with Gasteiger partial charge in [-0.2, -0.15) is 4.98 Å². The van der Waals surface area contributed by atoms with E-state index in [1.807, 2.05) is 23.4 Å². The van der Waals surface area contributed by atoms with Crippen LogP contribution >= 0.6 is 11.3 Å². The van der Waals surface area contributed by atoms with E-state index in [0.29, 0.717) is 28.0 Å². The topological polar surface area (TPSA) is 122 Å². The fraction of sp³-hybridized carbons (Fsp3) is 0.118. The highest BCUT2D eigenvalue weighted by Crippen LogP contribution is 2.40. The largest absolute Gasteiger partial charge is 0.326 e. The summed E-state index contributed by atoms with van der Waals surface area (Å²) in [6, 6.07) is 7.83. The van der Waals surface area contributed by atoms with Gasteiger partial charge in [-0.25, -0.2) is 18.5 Å². The Bertz CT molecular complexity index is 1170. The fourth-order valence-corrected chi connectivity index (χ4v) is 4.28. The van der Waals surface area contributed by atoms with Gasteiger partial charge in [-0.3, -0.25) is 4.79 Å². The Morgan fingerprint density at radius 1 is 1.07 bits per heavy atom. The van der Waals surface area contributed by atoms with Crippen molar-refractivity contribution in [1.82, 2.24) is 9.97 Å². The average molecular weight is 416 g/mol. The molecule has 3 aromatic rings. The molecule has 0 atom stereocenters. The molecule has 144 valence electrons. The molecule has 1 amide bonds. The molecule has 3 heterocycles. The van der Waals surface area contributed by atoms with E-state index in [-0.39, 0.29) is 10.8 Å². The van der Waals surface area contributed by atoms with Gasteiger partial charge in [0.15, 0.2) is 5.82 Å². The molecular weight excluding hydrogens is 400 g/mol. The van der Waals surface area contributed by atoms with Crippen LogP contribution in [0.2, 0.25) is 0 Å². The molecule has 0 spiro atoms. The summed E-state index contributed by atoms with van der Waals surface area (Å²) < 4.78 is 22.7. The van der Waals surface area contributed by atoms with Crippen LogP contribution in [0.3, 0.4) is 0 Å². The van der Waals surface area contributed by atoms with Crippen molar-refractivity contribution in [1.29, 1.82) is 0 Å². The number of amides is 1. The monoisotopic (exact) mass is 416 g/mol. The normalized spacial score (nSPS) is 13.8. The SMILES string of the molecule is CN1C(=O)c2sccc2N(C)c2nc(Nc3ccc(S(N)(=O)=O)cc3)ncc21. The number of thiophene rings is 1. The van der Waals surface area contributed by atoms with Crippen molar-refractivity contribution in [3.8, 4) is 0 Å². The minimum Gasteiger partial charge on any atom is -0.326 e. The summed E-state index contributed by atoms with van der Waals surface area (Å²) in [4.78, 5) is 25.5. The number of carbonyl (C=O) groups is 1. The maximum atomic E-state index is 12.7. The number of carbonyl (C=O) groups excluding carboxylic acids is 1. The van der Waals surface area contributed by atoms with Gasteiger partial charge in [-0.15, -0.1) is 11.3 Å². The minimum absolute atomic E-state index is 0.0192. The van der Waals surface area contributed by atoms with Crippen LogP contribution < -0.4 is 20.3 Å². The average Bonchev–Trinajstić information content (AvgIpc) is 3.13. The van der Waals surface area contributed by atoms with Gasteiger partial charge in [-0.05, 0) is 35.7 Å². The second-order valence-electron chi connectivity index (χ2n) is 6.15. The summed E-state index contributed by atoms with van der Waals surface area (Å²) in [7, 11) is -0.224. The quantitative estimate of drug-likeness (QED) is 0.672. The Labute approximate surface area is 165 Å². The Kier molecular flexibility index (Phi) is 4.29. The third-order valence-corrected chi connectivity index (χ3v) is 6.19. The Balaban J connectivity index is 1.70. The summed E-state index contributed by atoms with van der Waals surface area (Å²) in [5.74, 6) is 0.777. The first kappa shape index (κ1) is 18.3. The number of hydrogen-bond acceptors (Lipinski definition) is 8. The first-order chi connectivity index (χ1) is 13.3. The third kappa shape index (κ3) is 3.09. The van der Waals surface area contributed by atoms with Crippen molar-refractivity contribution in [2.24, 2.45) is 5.14 Å². The molecule has 1 aliphatic heterocycles. The molecule has 1 aromatic carbocycles. The highest BCUT2D eigenvalue weighted by atomic mass is 32.2. The Hall–Kier alpha value is -3.02. The van der Waals surface area contributed by atoms with Gasteiger partial charge in [0.05, 0.1) is 16.8 Å². The number of hydrogen-bond donors (Lipinski definition) is 2. The zero-order chi connectivity index (χ0) is 20.1. The van der Waals surface area contributed by atoms with Crippen LogP contribution in [-0.2, 0) is 10.0 Å². The molecule has 0 fully saturated rings. The van der Waals surface area contributed by atoms with E-state index in [1.54, 1.807) is 25.4 Å². The number of anilines is 5. The van der Waals surface area contributed by atoms with Gasteiger partial charge in [0.2, 0.25) is 16.0 Å². The molecule has 0 bridgehead atoms. The molecule has 0 aliphatic carbocycles. The number of primary sulfonamides is 1. The lowest BCUT2D eigenvalue weighted by Gasteiger charge is -2.20. The van der Waals surface area contributed by atoms with E-state index < -0.39 is 10.0 Å².